The van der Waals surface area contributed by atoms with Crippen molar-refractivity contribution in [2.75, 3.05) is 12.4 Å². The van der Waals surface area contributed by atoms with Crippen molar-refractivity contribution < 1.29 is 4.74 Å². The predicted octanol–water partition coefficient (Wildman–Crippen LogP) is 2.90. The van der Waals surface area contributed by atoms with Crippen molar-refractivity contribution in [1.29, 1.82) is 0 Å². The van der Waals surface area contributed by atoms with E-state index in [1.807, 2.05) is 12.1 Å². The molecule has 3 rings (SSSR count). The first-order valence-corrected chi connectivity index (χ1v) is 7.93. The number of guanidine groups is 1. The van der Waals surface area contributed by atoms with Crippen molar-refractivity contribution in [2.45, 2.75) is 32.2 Å². The lowest BCUT2D eigenvalue weighted by atomic mass is 9.90. The Kier molecular flexibility index (Phi) is 4.76. The molecule has 0 fully saturated rings. The van der Waals surface area contributed by atoms with Crippen LogP contribution in [0.3, 0.4) is 0 Å². The van der Waals surface area contributed by atoms with Gasteiger partial charge in [-0.1, -0.05) is 18.2 Å². The summed E-state index contributed by atoms with van der Waals surface area (Å²) in [7, 11) is 1.60. The van der Waals surface area contributed by atoms with Gasteiger partial charge in [0.2, 0.25) is 5.88 Å². The largest absolute Gasteiger partial charge is 0.481 e. The Hall–Kier alpha value is -2.56. The number of aliphatic imine (C=N–C) groups is 1. The molecule has 1 aromatic carbocycles. The smallest absolute Gasteiger partial charge is 0.218 e. The van der Waals surface area contributed by atoms with Gasteiger partial charge in [-0.3, -0.25) is 0 Å². The van der Waals surface area contributed by atoms with E-state index in [2.05, 4.69) is 33.5 Å². The molecule has 5 heteroatoms. The zero-order chi connectivity index (χ0) is 16.1. The molecule has 1 aliphatic rings. The van der Waals surface area contributed by atoms with Crippen molar-refractivity contribution >= 4 is 11.6 Å². The van der Waals surface area contributed by atoms with E-state index in [4.69, 9.17) is 10.5 Å². The second-order valence-corrected chi connectivity index (χ2v) is 5.65. The van der Waals surface area contributed by atoms with Gasteiger partial charge in [0.15, 0.2) is 5.96 Å². The molecule has 1 heterocycles. The standard InChI is InChI=1S/C18H22N4O/c1-23-17-14(8-5-11-20-17)12-21-18(19)22-16-10-4-7-13-6-2-3-9-15(13)16/h4-5,7-8,10-11H,2-3,6,9,12H2,1H3,(H3,19,21,22). The van der Waals surface area contributed by atoms with Crippen LogP contribution in [0.25, 0.3) is 0 Å². The fraction of sp³-hybridized carbons (Fsp3) is 0.333. The predicted molar refractivity (Wildman–Crippen MR) is 92.8 cm³/mol. The number of aromatic nitrogens is 1. The van der Waals surface area contributed by atoms with Crippen molar-refractivity contribution in [3.05, 3.63) is 53.2 Å². The molecule has 23 heavy (non-hydrogen) atoms. The van der Waals surface area contributed by atoms with Gasteiger partial charge in [-0.05, 0) is 48.9 Å². The van der Waals surface area contributed by atoms with Crippen LogP contribution in [-0.2, 0) is 19.4 Å². The summed E-state index contributed by atoms with van der Waals surface area (Å²) in [6.07, 6.45) is 6.44. The van der Waals surface area contributed by atoms with Gasteiger partial charge in [0.25, 0.3) is 0 Å². The number of anilines is 1. The number of nitrogens with zero attached hydrogens (tertiary/aromatic N) is 2. The Morgan fingerprint density at radius 3 is 3.00 bits per heavy atom. The highest BCUT2D eigenvalue weighted by molar-refractivity contribution is 5.93. The van der Waals surface area contributed by atoms with Crippen LogP contribution in [0.15, 0.2) is 41.5 Å². The van der Waals surface area contributed by atoms with E-state index in [1.165, 1.54) is 24.0 Å². The highest BCUT2D eigenvalue weighted by Crippen LogP contribution is 2.27. The third-order valence-corrected chi connectivity index (χ3v) is 4.12. The average molecular weight is 310 g/mol. The quantitative estimate of drug-likeness (QED) is 0.673. The Morgan fingerprint density at radius 1 is 1.26 bits per heavy atom. The number of methoxy groups -OCH3 is 1. The summed E-state index contributed by atoms with van der Waals surface area (Å²) in [5, 5.41) is 3.24. The summed E-state index contributed by atoms with van der Waals surface area (Å²) in [6, 6.07) is 10.1. The first-order valence-electron chi connectivity index (χ1n) is 7.93. The number of fused-ring (bicyclic) bond motifs is 1. The van der Waals surface area contributed by atoms with E-state index in [0.29, 0.717) is 18.4 Å². The van der Waals surface area contributed by atoms with E-state index < -0.39 is 0 Å². The minimum Gasteiger partial charge on any atom is -0.481 e. The molecule has 0 spiro atoms. The minimum absolute atomic E-state index is 0.412. The molecule has 0 aliphatic heterocycles. The van der Waals surface area contributed by atoms with Crippen LogP contribution in [-0.4, -0.2) is 18.1 Å². The molecule has 0 atom stereocenters. The van der Waals surface area contributed by atoms with Gasteiger partial charge in [-0.2, -0.15) is 0 Å². The van der Waals surface area contributed by atoms with E-state index in [1.54, 1.807) is 13.3 Å². The van der Waals surface area contributed by atoms with Crippen LogP contribution < -0.4 is 15.8 Å². The summed E-state index contributed by atoms with van der Waals surface area (Å²) < 4.78 is 5.23. The zero-order valence-corrected chi connectivity index (χ0v) is 13.4. The molecular weight excluding hydrogens is 288 g/mol. The first-order chi connectivity index (χ1) is 11.3. The maximum Gasteiger partial charge on any atom is 0.218 e. The highest BCUT2D eigenvalue weighted by Gasteiger charge is 2.13. The van der Waals surface area contributed by atoms with Gasteiger partial charge in [0.1, 0.15) is 0 Å². The second-order valence-electron chi connectivity index (χ2n) is 5.65. The lowest BCUT2D eigenvalue weighted by molar-refractivity contribution is 0.392. The molecule has 1 aliphatic carbocycles. The molecule has 0 bridgehead atoms. The normalized spacial score (nSPS) is 14.2. The number of benzene rings is 1. The molecule has 1 aromatic heterocycles. The van der Waals surface area contributed by atoms with E-state index in [9.17, 15) is 0 Å². The van der Waals surface area contributed by atoms with Crippen LogP contribution in [0.4, 0.5) is 5.69 Å². The van der Waals surface area contributed by atoms with Crippen molar-refractivity contribution in [2.24, 2.45) is 10.7 Å². The third kappa shape index (κ3) is 3.62. The Bertz CT molecular complexity index is 712. The van der Waals surface area contributed by atoms with Crippen LogP contribution in [0.5, 0.6) is 5.88 Å². The number of ether oxygens (including phenoxy) is 1. The molecule has 0 saturated carbocycles. The summed E-state index contributed by atoms with van der Waals surface area (Å²) in [5.41, 5.74) is 10.8. The Labute approximate surface area is 136 Å². The number of hydrogen-bond acceptors (Lipinski definition) is 3. The molecule has 3 N–H and O–H groups in total. The average Bonchev–Trinajstić information content (AvgIpc) is 2.60. The molecule has 0 radical (unpaired) electrons. The monoisotopic (exact) mass is 310 g/mol. The van der Waals surface area contributed by atoms with Gasteiger partial charge in [-0.15, -0.1) is 0 Å². The number of rotatable bonds is 4. The molecule has 5 nitrogen and oxygen atoms in total. The fourth-order valence-corrected chi connectivity index (χ4v) is 2.97. The SMILES string of the molecule is COc1ncccc1CN=C(N)Nc1cccc2c1CCCC2. The molecule has 0 unspecified atom stereocenters. The number of nitrogens with two attached hydrogens (primary N) is 1. The number of nitrogens with one attached hydrogen (secondary N) is 1. The summed E-state index contributed by atoms with van der Waals surface area (Å²) in [4.78, 5) is 8.57. The first kappa shape index (κ1) is 15.3. The Morgan fingerprint density at radius 2 is 2.13 bits per heavy atom. The van der Waals surface area contributed by atoms with Gasteiger partial charge >= 0.3 is 0 Å². The van der Waals surface area contributed by atoms with Gasteiger partial charge < -0.3 is 15.8 Å². The zero-order valence-electron chi connectivity index (χ0n) is 13.4. The number of pyridine rings is 1. The number of hydrogen-bond donors (Lipinski definition) is 2. The summed E-state index contributed by atoms with van der Waals surface area (Å²) in [5.74, 6) is 0.996. The van der Waals surface area contributed by atoms with Crippen LogP contribution in [0, 0.1) is 0 Å². The van der Waals surface area contributed by atoms with Crippen molar-refractivity contribution in [3.63, 3.8) is 0 Å². The van der Waals surface area contributed by atoms with Crippen LogP contribution in [0.1, 0.15) is 29.5 Å². The van der Waals surface area contributed by atoms with Gasteiger partial charge in [0, 0.05) is 17.4 Å². The molecule has 0 amide bonds. The highest BCUT2D eigenvalue weighted by atomic mass is 16.5. The number of aryl methyl sites for hydroxylation is 1. The maximum atomic E-state index is 6.06. The van der Waals surface area contributed by atoms with E-state index in [0.717, 1.165) is 24.1 Å². The topological polar surface area (TPSA) is 72.5 Å². The Balaban J connectivity index is 1.73. The minimum atomic E-state index is 0.412. The van der Waals surface area contributed by atoms with E-state index in [-0.39, 0.29) is 0 Å². The van der Waals surface area contributed by atoms with Gasteiger partial charge in [-0.25, -0.2) is 9.98 Å². The summed E-state index contributed by atoms with van der Waals surface area (Å²) in [6.45, 7) is 0.435. The molecule has 120 valence electrons. The van der Waals surface area contributed by atoms with Gasteiger partial charge in [0.05, 0.1) is 13.7 Å². The lowest BCUT2D eigenvalue weighted by Crippen LogP contribution is -2.24. The van der Waals surface area contributed by atoms with Crippen LogP contribution in [0.2, 0.25) is 0 Å². The summed E-state index contributed by atoms with van der Waals surface area (Å²) >= 11 is 0. The molecular formula is C18H22N4O. The third-order valence-electron chi connectivity index (χ3n) is 4.12. The molecule has 2 aromatic rings. The van der Waals surface area contributed by atoms with Crippen LogP contribution >= 0.6 is 0 Å². The maximum absolute atomic E-state index is 6.06. The second kappa shape index (κ2) is 7.13. The molecule has 0 saturated heterocycles. The lowest BCUT2D eigenvalue weighted by Gasteiger charge is -2.19. The van der Waals surface area contributed by atoms with Crippen molar-refractivity contribution in [3.8, 4) is 5.88 Å². The van der Waals surface area contributed by atoms with Crippen molar-refractivity contribution in [1.82, 2.24) is 4.98 Å². The fourth-order valence-electron chi connectivity index (χ4n) is 2.97. The van der Waals surface area contributed by atoms with E-state index >= 15 is 0 Å².